The molecule has 4 unspecified atom stereocenters. The molecule has 6 rings (SSSR count). The van der Waals surface area contributed by atoms with Gasteiger partial charge in [0.1, 0.15) is 18.3 Å². The van der Waals surface area contributed by atoms with Gasteiger partial charge in [-0.05, 0) is 32.8 Å². The summed E-state index contributed by atoms with van der Waals surface area (Å²) in [4.78, 5) is 25.4. The molecule has 2 aromatic carbocycles. The van der Waals surface area contributed by atoms with Crippen LogP contribution in [0.15, 0.2) is 58.2 Å². The van der Waals surface area contributed by atoms with Crippen LogP contribution < -0.4 is 5.56 Å². The van der Waals surface area contributed by atoms with E-state index in [1.54, 1.807) is 10.8 Å². The summed E-state index contributed by atoms with van der Waals surface area (Å²) in [5, 5.41) is 23.0. The van der Waals surface area contributed by atoms with E-state index in [2.05, 4.69) is 36.9 Å². The molecule has 1 aliphatic rings. The number of rotatable bonds is 4. The lowest BCUT2D eigenvalue weighted by Gasteiger charge is -2.31. The maximum atomic E-state index is 13.2. The Morgan fingerprint density at radius 3 is 2.88 bits per heavy atom. The zero-order valence-corrected chi connectivity index (χ0v) is 20.1. The van der Waals surface area contributed by atoms with E-state index in [-0.39, 0.29) is 33.3 Å². The lowest BCUT2D eigenvalue weighted by Crippen LogP contribution is -2.44. The van der Waals surface area contributed by atoms with Gasteiger partial charge >= 0.3 is 0 Å². The number of fused-ring (bicyclic) bond motifs is 3. The van der Waals surface area contributed by atoms with Crippen LogP contribution in [0.5, 0.6) is 0 Å². The van der Waals surface area contributed by atoms with E-state index in [0.29, 0.717) is 16.2 Å². The molecule has 3 N–H and O–H groups in total. The molecular weight excluding hydrogens is 525 g/mol. The lowest BCUT2D eigenvalue weighted by molar-refractivity contribution is -0.0820. The molecule has 3 aromatic heterocycles. The number of hydrogen-bond acceptors (Lipinski definition) is 7. The molecule has 5 aromatic rings. The van der Waals surface area contributed by atoms with Crippen molar-refractivity contribution in [3.63, 3.8) is 0 Å². The van der Waals surface area contributed by atoms with Gasteiger partial charge in [0.15, 0.2) is 24.9 Å². The van der Waals surface area contributed by atoms with Gasteiger partial charge in [0.25, 0.3) is 5.56 Å². The van der Waals surface area contributed by atoms with Crippen molar-refractivity contribution < 1.29 is 19.3 Å². The third kappa shape index (κ3) is 3.65. The Bertz CT molecular complexity index is 1600. The number of aliphatic hydroxyl groups excluding tert-OH is 2. The highest BCUT2D eigenvalue weighted by Crippen LogP contribution is 2.29. The predicted octanol–water partition coefficient (Wildman–Crippen LogP) is 2.60. The quantitative estimate of drug-likeness (QED) is 0.235. The van der Waals surface area contributed by atoms with Crippen LogP contribution in [-0.2, 0) is 15.6 Å². The Hall–Kier alpha value is -2.66. The molecule has 1 saturated heterocycles. The van der Waals surface area contributed by atoms with Crippen molar-refractivity contribution in [2.24, 2.45) is 0 Å². The number of aromatic nitrogens is 5. The zero-order chi connectivity index (χ0) is 23.4. The van der Waals surface area contributed by atoms with Gasteiger partial charge in [-0.1, -0.05) is 36.4 Å². The van der Waals surface area contributed by atoms with Gasteiger partial charge in [-0.2, -0.15) is 4.98 Å². The molecule has 12 heteroatoms. The minimum Gasteiger partial charge on any atom is -0.388 e. The molecule has 0 radical (unpaired) electrons. The van der Waals surface area contributed by atoms with Gasteiger partial charge in [-0.25, -0.2) is 9.38 Å². The molecule has 4 atom stereocenters. The Labute approximate surface area is 202 Å². The fourth-order valence-corrected chi connectivity index (χ4v) is 5.42. The van der Waals surface area contributed by atoms with Crippen LogP contribution in [0, 0.1) is 0 Å². The second kappa shape index (κ2) is 8.53. The summed E-state index contributed by atoms with van der Waals surface area (Å²) in [5.41, 5.74) is 1.81. The molecule has 0 saturated carbocycles. The van der Waals surface area contributed by atoms with Gasteiger partial charge in [-0.3, -0.25) is 4.79 Å². The fourth-order valence-electron chi connectivity index (χ4n) is 4.20. The average Bonchev–Trinajstić information content (AvgIpc) is 3.41. The predicted molar refractivity (Wildman–Crippen MR) is 131 cm³/mol. The van der Waals surface area contributed by atoms with Crippen LogP contribution >= 0.6 is 25.0 Å². The van der Waals surface area contributed by atoms with Crippen molar-refractivity contribution in [2.75, 3.05) is 6.61 Å². The first-order valence-corrected chi connectivity index (χ1v) is 12.2. The van der Waals surface area contributed by atoms with Gasteiger partial charge in [0.2, 0.25) is 5.78 Å². The van der Waals surface area contributed by atoms with E-state index in [0.717, 1.165) is 22.0 Å². The van der Waals surface area contributed by atoms with Crippen molar-refractivity contribution in [2.45, 2.75) is 24.9 Å². The van der Waals surface area contributed by atoms with Crippen LogP contribution in [0.4, 0.5) is 0 Å². The summed E-state index contributed by atoms with van der Waals surface area (Å²) in [5.74, 6) is 0.354. The normalized spacial score (nSPS) is 20.6. The number of imidazole rings is 2. The molecule has 174 valence electrons. The topological polar surface area (TPSA) is 127 Å². The molecule has 0 spiro atoms. The van der Waals surface area contributed by atoms with E-state index in [1.807, 2.05) is 36.4 Å². The Balaban J connectivity index is 1.41. The number of hydrogen-bond donors (Lipinski definition) is 3. The largest absolute Gasteiger partial charge is 0.388 e. The number of nitrogens with one attached hydrogen (secondary N) is 1. The number of aliphatic hydroxyl groups is 2. The maximum absolute atomic E-state index is 13.2. The molecule has 1 fully saturated rings. The standard InChI is InChI=1S/C22H19BrN5O5P/c23-21-25-17-19(27(21)9-15(29)18-16(30)10-32-34-33-18)26-22-24-14(8-28(22)20(17)31)13-6-5-11-3-1-2-4-12(11)7-13/h1-8,15-16,18,29-30,34H,9-10H2,(H,24,26). The van der Waals surface area contributed by atoms with E-state index >= 15 is 0 Å². The van der Waals surface area contributed by atoms with E-state index < -0.39 is 18.3 Å². The van der Waals surface area contributed by atoms with Gasteiger partial charge in [0.05, 0.1) is 18.8 Å². The second-order valence-electron chi connectivity index (χ2n) is 8.12. The first kappa shape index (κ1) is 21.8. The lowest BCUT2D eigenvalue weighted by atomic mass is 10.1. The van der Waals surface area contributed by atoms with Crippen molar-refractivity contribution in [1.29, 1.82) is 0 Å². The Morgan fingerprint density at radius 2 is 2.06 bits per heavy atom. The molecule has 4 heterocycles. The molecule has 1 aliphatic heterocycles. The number of H-pyrrole nitrogens is 1. The van der Waals surface area contributed by atoms with Gasteiger partial charge in [-0.15, -0.1) is 0 Å². The summed E-state index contributed by atoms with van der Waals surface area (Å²) >= 11 is 3.36. The highest BCUT2D eigenvalue weighted by atomic mass is 79.9. The second-order valence-corrected chi connectivity index (χ2v) is 9.52. The first-order valence-electron chi connectivity index (χ1n) is 10.5. The summed E-state index contributed by atoms with van der Waals surface area (Å²) in [7, 11) is -0.256. The highest BCUT2D eigenvalue weighted by molar-refractivity contribution is 9.10. The van der Waals surface area contributed by atoms with Gasteiger partial charge in [0, 0.05) is 11.8 Å². The van der Waals surface area contributed by atoms with E-state index in [9.17, 15) is 15.0 Å². The minimum atomic E-state index is -1.06. The van der Waals surface area contributed by atoms with Crippen LogP contribution in [0.1, 0.15) is 0 Å². The van der Waals surface area contributed by atoms with E-state index in [1.165, 1.54) is 4.40 Å². The molecule has 0 bridgehead atoms. The van der Waals surface area contributed by atoms with Crippen molar-refractivity contribution in [1.82, 2.24) is 23.9 Å². The van der Waals surface area contributed by atoms with Gasteiger partial charge < -0.3 is 28.8 Å². The molecule has 10 nitrogen and oxygen atoms in total. The Morgan fingerprint density at radius 1 is 1.24 bits per heavy atom. The first-order chi connectivity index (χ1) is 16.5. The summed E-state index contributed by atoms with van der Waals surface area (Å²) in [6.45, 7) is 0.108. The summed E-state index contributed by atoms with van der Waals surface area (Å²) in [6.07, 6.45) is -1.12. The molecule has 0 aliphatic carbocycles. The fraction of sp³-hybridized carbons (Fsp3) is 0.227. The SMILES string of the molecule is O=c1c2nc(Br)n(CC(O)C3OPOCC3O)c2nc2[nH]c(-c3ccc4ccccc4c3)cn12. The number of benzene rings is 2. The summed E-state index contributed by atoms with van der Waals surface area (Å²) in [6, 6.07) is 14.1. The van der Waals surface area contributed by atoms with Crippen LogP contribution in [0.25, 0.3) is 39.0 Å². The van der Waals surface area contributed by atoms with Crippen LogP contribution in [0.3, 0.4) is 0 Å². The van der Waals surface area contributed by atoms with Crippen LogP contribution in [0.2, 0.25) is 0 Å². The van der Waals surface area contributed by atoms with Crippen LogP contribution in [-0.4, -0.2) is 59.1 Å². The zero-order valence-electron chi connectivity index (χ0n) is 17.6. The maximum Gasteiger partial charge on any atom is 0.287 e. The third-order valence-electron chi connectivity index (χ3n) is 5.95. The smallest absolute Gasteiger partial charge is 0.287 e. The molecule has 0 amide bonds. The molecular formula is C22H19BrN5O5P. The third-order valence-corrected chi connectivity index (χ3v) is 7.20. The van der Waals surface area contributed by atoms with Crippen molar-refractivity contribution >= 4 is 52.7 Å². The summed E-state index contributed by atoms with van der Waals surface area (Å²) < 4.78 is 13.8. The number of nitrogens with zero attached hydrogens (tertiary/aromatic N) is 4. The van der Waals surface area contributed by atoms with E-state index in [4.69, 9.17) is 9.05 Å². The van der Waals surface area contributed by atoms with Crippen molar-refractivity contribution in [3.8, 4) is 11.3 Å². The number of halogens is 1. The highest BCUT2D eigenvalue weighted by Gasteiger charge is 2.33. The minimum absolute atomic E-state index is 0.0180. The number of aromatic amines is 1. The average molecular weight is 544 g/mol. The Kier molecular flexibility index (Phi) is 5.48. The van der Waals surface area contributed by atoms with Crippen molar-refractivity contribution in [3.05, 3.63) is 63.7 Å². The monoisotopic (exact) mass is 543 g/mol. The molecule has 34 heavy (non-hydrogen) atoms.